The summed E-state index contributed by atoms with van der Waals surface area (Å²) < 4.78 is 41.1. The molecule has 2 aliphatic rings. The van der Waals surface area contributed by atoms with E-state index in [2.05, 4.69) is 0 Å². The van der Waals surface area contributed by atoms with Crippen molar-refractivity contribution in [3.63, 3.8) is 0 Å². The summed E-state index contributed by atoms with van der Waals surface area (Å²) in [5.74, 6) is -5.39. The molecule has 1 aromatic rings. The van der Waals surface area contributed by atoms with E-state index in [0.29, 0.717) is 16.7 Å². The minimum Gasteiger partial charge on any atom is -0.461 e. The van der Waals surface area contributed by atoms with Crippen LogP contribution in [0.5, 0.6) is 0 Å². The smallest absolute Gasteiger partial charge is 0.331 e. The van der Waals surface area contributed by atoms with Gasteiger partial charge in [-0.05, 0) is 54.5 Å². The van der Waals surface area contributed by atoms with Gasteiger partial charge in [-0.15, -0.1) is 0 Å². The van der Waals surface area contributed by atoms with E-state index in [9.17, 15) is 33.6 Å². The van der Waals surface area contributed by atoms with Crippen LogP contribution in [0, 0.1) is 10.8 Å². The van der Waals surface area contributed by atoms with E-state index in [4.69, 9.17) is 33.2 Å². The zero-order valence-electron chi connectivity index (χ0n) is 33.8. The summed E-state index contributed by atoms with van der Waals surface area (Å²) in [6.07, 6.45) is -2.38. The van der Waals surface area contributed by atoms with E-state index in [0.717, 1.165) is 13.8 Å². The normalized spacial score (nSPS) is 25.1. The van der Waals surface area contributed by atoms with E-state index in [-0.39, 0.29) is 29.7 Å². The third kappa shape index (κ3) is 11.3. The van der Waals surface area contributed by atoms with Crippen LogP contribution >= 0.6 is 0 Å². The number of benzene rings is 1. The van der Waals surface area contributed by atoms with Crippen LogP contribution in [0.3, 0.4) is 0 Å². The maximum absolute atomic E-state index is 13.6. The van der Waals surface area contributed by atoms with Crippen LogP contribution in [0.1, 0.15) is 94.6 Å². The predicted octanol–water partition coefficient (Wildman–Crippen LogP) is 5.82. The molecule has 0 aliphatic heterocycles. The topological polar surface area (TPSA) is 184 Å². The third-order valence-electron chi connectivity index (χ3n) is 10.2. The first kappa shape index (κ1) is 44.9. The fraction of sp³-hybridized carbons (Fsp3) is 0.500. The highest BCUT2D eigenvalue weighted by Crippen LogP contribution is 2.59. The van der Waals surface area contributed by atoms with Crippen LogP contribution in [0.2, 0.25) is 0 Å². The van der Waals surface area contributed by atoms with E-state index in [1.807, 2.05) is 19.9 Å². The van der Waals surface area contributed by atoms with Crippen LogP contribution in [0.25, 0.3) is 6.08 Å². The zero-order valence-corrected chi connectivity index (χ0v) is 33.8. The Morgan fingerprint density at radius 2 is 1.25 bits per heavy atom. The van der Waals surface area contributed by atoms with Gasteiger partial charge < -0.3 is 33.2 Å². The van der Waals surface area contributed by atoms with Gasteiger partial charge in [0.15, 0.2) is 11.9 Å². The number of hydrogen-bond acceptors (Lipinski definition) is 14. The van der Waals surface area contributed by atoms with Gasteiger partial charge in [-0.1, -0.05) is 51.1 Å². The first-order chi connectivity index (χ1) is 26.1. The molecule has 1 aromatic carbocycles. The number of hydrogen-bond donors (Lipinski definition) is 0. The molecule has 0 N–H and O–H groups in total. The van der Waals surface area contributed by atoms with Gasteiger partial charge in [-0.3, -0.25) is 28.8 Å². The van der Waals surface area contributed by atoms with Crippen molar-refractivity contribution in [2.75, 3.05) is 6.61 Å². The van der Waals surface area contributed by atoms with Gasteiger partial charge in [0.1, 0.15) is 31.0 Å². The average molecular weight is 781 g/mol. The summed E-state index contributed by atoms with van der Waals surface area (Å²) in [7, 11) is 0. The van der Waals surface area contributed by atoms with Gasteiger partial charge >= 0.3 is 41.8 Å². The van der Waals surface area contributed by atoms with Gasteiger partial charge in [-0.2, -0.15) is 0 Å². The van der Waals surface area contributed by atoms with Crippen LogP contribution < -0.4 is 0 Å². The van der Waals surface area contributed by atoms with Crippen molar-refractivity contribution in [3.8, 4) is 0 Å². The molecule has 6 unspecified atom stereocenters. The van der Waals surface area contributed by atoms with Crippen molar-refractivity contribution in [1.29, 1.82) is 0 Å². The highest BCUT2D eigenvalue weighted by atomic mass is 16.6. The summed E-state index contributed by atoms with van der Waals surface area (Å²) in [4.78, 5) is 90.0. The molecule has 0 fully saturated rings. The zero-order chi connectivity index (χ0) is 42.1. The quantitative estimate of drug-likeness (QED) is 0.120. The van der Waals surface area contributed by atoms with Crippen molar-refractivity contribution >= 4 is 47.9 Å². The lowest BCUT2D eigenvalue weighted by atomic mass is 9.52. The summed E-state index contributed by atoms with van der Waals surface area (Å²) in [6.45, 7) is 15.2. The Balaban J connectivity index is 2.57. The highest BCUT2D eigenvalue weighted by Gasteiger charge is 2.58. The molecule has 0 heterocycles. The third-order valence-corrected chi connectivity index (χ3v) is 10.2. The molecular formula is C42H52O14. The van der Waals surface area contributed by atoms with Crippen molar-refractivity contribution < 1.29 is 66.7 Å². The molecule has 304 valence electrons. The Kier molecular flexibility index (Phi) is 15.1. The first-order valence-corrected chi connectivity index (χ1v) is 18.1. The Morgan fingerprint density at radius 3 is 1.79 bits per heavy atom. The molecule has 14 nitrogen and oxygen atoms in total. The number of carbonyl (C=O) groups excluding carboxylic acids is 7. The second-order valence-corrected chi connectivity index (χ2v) is 14.6. The molecule has 0 saturated carbocycles. The van der Waals surface area contributed by atoms with Gasteiger partial charge in [0.05, 0.1) is 0 Å². The molecule has 0 aromatic heterocycles. The molecule has 0 radical (unpaired) electrons. The van der Waals surface area contributed by atoms with E-state index < -0.39 is 89.7 Å². The molecule has 14 heteroatoms. The Morgan fingerprint density at radius 1 is 0.679 bits per heavy atom. The van der Waals surface area contributed by atoms with Gasteiger partial charge in [0, 0.05) is 70.6 Å². The lowest BCUT2D eigenvalue weighted by molar-refractivity contribution is -0.164. The predicted molar refractivity (Wildman–Crippen MR) is 201 cm³/mol. The lowest BCUT2D eigenvalue weighted by Gasteiger charge is -2.55. The standard InChI is InChI=1S/C42H52O14/c1-23-35(52-27(5)45)21-42(11)36(53-28(6)46)19-32(22-50-25(3)43)34(56-37(49)18-17-31-15-13-12-14-16-31)20-33(51-26(4)44)24(2)39(54-29(7)47)40(55-30(8)48)38(23)41(42,9)10/h12-19,33-36,40H,20-22H2,1-11H3. The highest BCUT2D eigenvalue weighted by molar-refractivity contribution is 5.87. The minimum absolute atomic E-state index is 0.0585. The molecular weight excluding hydrogens is 728 g/mol. The van der Waals surface area contributed by atoms with Gasteiger partial charge in [0.25, 0.3) is 0 Å². The Hall–Kier alpha value is -5.53. The van der Waals surface area contributed by atoms with Crippen molar-refractivity contribution in [3.05, 3.63) is 76.1 Å². The number of esters is 7. The summed E-state index contributed by atoms with van der Waals surface area (Å²) >= 11 is 0. The SMILES string of the molecule is CC(=O)OCC1=CC(OC(C)=O)C2(C)CC(OC(C)=O)C(C)=C(C(OC(C)=O)C(OC(C)=O)=C(C)C(OC(C)=O)CC1OC(=O)C=Cc1ccccc1)C2(C)C. The van der Waals surface area contributed by atoms with Crippen LogP contribution in [0.15, 0.2) is 70.5 Å². The summed E-state index contributed by atoms with van der Waals surface area (Å²) in [5, 5.41) is 0. The second kappa shape index (κ2) is 18.9. The maximum Gasteiger partial charge on any atom is 0.331 e. The lowest BCUT2D eigenvalue weighted by Crippen LogP contribution is -2.55. The molecule has 6 atom stereocenters. The monoisotopic (exact) mass is 780 g/mol. The van der Waals surface area contributed by atoms with E-state index in [1.54, 1.807) is 38.1 Å². The molecule has 2 bridgehead atoms. The van der Waals surface area contributed by atoms with Crippen LogP contribution in [0.4, 0.5) is 0 Å². The van der Waals surface area contributed by atoms with Crippen molar-refractivity contribution in [2.24, 2.45) is 10.8 Å². The number of fused-ring (bicyclic) bond motifs is 2. The van der Waals surface area contributed by atoms with Crippen molar-refractivity contribution in [2.45, 2.75) is 120 Å². The molecule has 2 aliphatic carbocycles. The summed E-state index contributed by atoms with van der Waals surface area (Å²) in [5.41, 5.74) is -0.650. The number of rotatable bonds is 10. The summed E-state index contributed by atoms with van der Waals surface area (Å²) in [6, 6.07) is 8.94. The molecule has 0 amide bonds. The van der Waals surface area contributed by atoms with Crippen molar-refractivity contribution in [1.82, 2.24) is 0 Å². The molecule has 0 saturated heterocycles. The van der Waals surface area contributed by atoms with Gasteiger partial charge in [-0.25, -0.2) is 4.79 Å². The first-order valence-electron chi connectivity index (χ1n) is 18.1. The van der Waals surface area contributed by atoms with Crippen LogP contribution in [-0.2, 0) is 66.7 Å². The fourth-order valence-electron chi connectivity index (χ4n) is 7.21. The van der Waals surface area contributed by atoms with E-state index >= 15 is 0 Å². The Labute approximate surface area is 327 Å². The molecule has 56 heavy (non-hydrogen) atoms. The minimum atomic E-state index is -1.47. The molecule has 3 rings (SSSR count). The Bertz CT molecular complexity index is 1830. The van der Waals surface area contributed by atoms with Crippen LogP contribution in [-0.4, -0.2) is 78.9 Å². The fourth-order valence-corrected chi connectivity index (χ4v) is 7.21. The average Bonchev–Trinajstić information content (AvgIpc) is 3.07. The number of carbonyl (C=O) groups is 7. The second-order valence-electron chi connectivity index (χ2n) is 14.6. The van der Waals surface area contributed by atoms with E-state index in [1.165, 1.54) is 52.8 Å². The number of ether oxygens (including phenoxy) is 7. The molecule has 0 spiro atoms. The van der Waals surface area contributed by atoms with Gasteiger partial charge in [0.2, 0.25) is 0 Å². The largest absolute Gasteiger partial charge is 0.461 e. The maximum atomic E-state index is 13.6.